The molecule has 1 amide bonds. The van der Waals surface area contributed by atoms with Gasteiger partial charge in [0.25, 0.3) is 11.5 Å². The summed E-state index contributed by atoms with van der Waals surface area (Å²) >= 11 is 0. The summed E-state index contributed by atoms with van der Waals surface area (Å²) in [5, 5.41) is 2.71. The smallest absolute Gasteiger partial charge is 0.322 e. The molecular weight excluding hydrogens is 369 g/mol. The van der Waals surface area contributed by atoms with Gasteiger partial charge in [-0.05, 0) is 48.4 Å². The molecule has 0 spiro atoms. The SMILES string of the molecule is Cc1ccccc1NC(=O)c1cccn(Cc2ccc(C(F)(F)F)cc2)c1=O. The van der Waals surface area contributed by atoms with Crippen molar-refractivity contribution in [2.45, 2.75) is 19.6 Å². The van der Waals surface area contributed by atoms with Crippen LogP contribution in [0.5, 0.6) is 0 Å². The summed E-state index contributed by atoms with van der Waals surface area (Å²) in [6, 6.07) is 14.7. The Balaban J connectivity index is 1.82. The Kier molecular flexibility index (Phi) is 5.35. The molecule has 0 unspecified atom stereocenters. The van der Waals surface area contributed by atoms with E-state index in [4.69, 9.17) is 0 Å². The Hall–Kier alpha value is -3.35. The van der Waals surface area contributed by atoms with E-state index >= 15 is 0 Å². The molecule has 0 aliphatic rings. The molecule has 144 valence electrons. The van der Waals surface area contributed by atoms with Crippen molar-refractivity contribution in [3.8, 4) is 0 Å². The van der Waals surface area contributed by atoms with Crippen LogP contribution < -0.4 is 10.9 Å². The standard InChI is InChI=1S/C21H17F3N2O2/c1-14-5-2-3-7-18(14)25-19(27)17-6-4-12-26(20(17)28)13-15-8-10-16(11-9-15)21(22,23)24/h2-12H,13H2,1H3,(H,25,27). The van der Waals surface area contributed by atoms with Crippen molar-refractivity contribution >= 4 is 11.6 Å². The summed E-state index contributed by atoms with van der Waals surface area (Å²) in [6.07, 6.45) is -2.92. The lowest BCUT2D eigenvalue weighted by molar-refractivity contribution is -0.137. The molecule has 1 N–H and O–H groups in total. The fourth-order valence-corrected chi connectivity index (χ4v) is 2.73. The van der Waals surface area contributed by atoms with E-state index in [1.165, 1.54) is 29.0 Å². The average molecular weight is 386 g/mol. The summed E-state index contributed by atoms with van der Waals surface area (Å²) in [7, 11) is 0. The minimum Gasteiger partial charge on any atom is -0.322 e. The molecule has 3 aromatic rings. The summed E-state index contributed by atoms with van der Waals surface area (Å²) in [6.45, 7) is 1.89. The molecule has 0 saturated carbocycles. The molecule has 0 aliphatic heterocycles. The first-order valence-electron chi connectivity index (χ1n) is 8.48. The molecule has 0 aliphatic carbocycles. The number of aromatic nitrogens is 1. The molecule has 1 heterocycles. The van der Waals surface area contributed by atoms with Gasteiger partial charge in [0.05, 0.1) is 12.1 Å². The molecular formula is C21H17F3N2O2. The number of carbonyl (C=O) groups is 1. The molecule has 2 aromatic carbocycles. The van der Waals surface area contributed by atoms with Gasteiger partial charge >= 0.3 is 6.18 Å². The highest BCUT2D eigenvalue weighted by atomic mass is 19.4. The van der Waals surface area contributed by atoms with Gasteiger partial charge in [-0.25, -0.2) is 0 Å². The fraction of sp³-hybridized carbons (Fsp3) is 0.143. The van der Waals surface area contributed by atoms with Crippen molar-refractivity contribution < 1.29 is 18.0 Å². The van der Waals surface area contributed by atoms with Crippen LogP contribution in [0.25, 0.3) is 0 Å². The van der Waals surface area contributed by atoms with E-state index in [-0.39, 0.29) is 12.1 Å². The lowest BCUT2D eigenvalue weighted by atomic mass is 10.1. The predicted octanol–water partition coefficient (Wildman–Crippen LogP) is 4.48. The summed E-state index contributed by atoms with van der Waals surface area (Å²) in [4.78, 5) is 25.1. The van der Waals surface area contributed by atoms with Crippen LogP contribution in [0.3, 0.4) is 0 Å². The van der Waals surface area contributed by atoms with Gasteiger partial charge in [-0.3, -0.25) is 9.59 Å². The van der Waals surface area contributed by atoms with Crippen LogP contribution in [-0.4, -0.2) is 10.5 Å². The van der Waals surface area contributed by atoms with Crippen molar-refractivity contribution in [3.05, 3.63) is 99.5 Å². The van der Waals surface area contributed by atoms with Gasteiger partial charge in [-0.15, -0.1) is 0 Å². The number of benzene rings is 2. The number of hydrogen-bond acceptors (Lipinski definition) is 2. The zero-order valence-corrected chi connectivity index (χ0v) is 15.0. The van der Waals surface area contributed by atoms with E-state index in [1.807, 2.05) is 19.1 Å². The minimum atomic E-state index is -4.41. The van der Waals surface area contributed by atoms with Crippen LogP contribution in [0.1, 0.15) is 27.0 Å². The molecule has 28 heavy (non-hydrogen) atoms. The number of halogens is 3. The Labute approximate surface area is 159 Å². The second-order valence-corrected chi connectivity index (χ2v) is 6.32. The van der Waals surface area contributed by atoms with E-state index in [2.05, 4.69) is 5.32 Å². The average Bonchev–Trinajstić information content (AvgIpc) is 2.65. The van der Waals surface area contributed by atoms with Gasteiger partial charge in [0.2, 0.25) is 0 Å². The molecule has 3 rings (SSSR count). The van der Waals surface area contributed by atoms with Crippen LogP contribution in [0.2, 0.25) is 0 Å². The number of amides is 1. The summed E-state index contributed by atoms with van der Waals surface area (Å²) in [5.41, 5.74) is 0.662. The zero-order valence-electron chi connectivity index (χ0n) is 15.0. The summed E-state index contributed by atoms with van der Waals surface area (Å²) < 4.78 is 39.3. The van der Waals surface area contributed by atoms with Gasteiger partial charge < -0.3 is 9.88 Å². The molecule has 0 fully saturated rings. The van der Waals surface area contributed by atoms with Crippen LogP contribution in [-0.2, 0) is 12.7 Å². The topological polar surface area (TPSA) is 51.1 Å². The lowest BCUT2D eigenvalue weighted by Gasteiger charge is -2.11. The van der Waals surface area contributed by atoms with Crippen molar-refractivity contribution in [1.82, 2.24) is 4.57 Å². The van der Waals surface area contributed by atoms with E-state index in [0.29, 0.717) is 11.3 Å². The number of nitrogens with zero attached hydrogens (tertiary/aromatic N) is 1. The molecule has 0 radical (unpaired) electrons. The Bertz CT molecular complexity index is 1050. The van der Waals surface area contributed by atoms with Crippen molar-refractivity contribution in [1.29, 1.82) is 0 Å². The van der Waals surface area contributed by atoms with Gasteiger partial charge in [-0.1, -0.05) is 30.3 Å². The number of anilines is 1. The third kappa shape index (κ3) is 4.31. The normalized spacial score (nSPS) is 11.3. The van der Waals surface area contributed by atoms with E-state index in [9.17, 15) is 22.8 Å². The van der Waals surface area contributed by atoms with E-state index in [0.717, 1.165) is 17.7 Å². The number of alkyl halides is 3. The Morgan fingerprint density at radius 3 is 2.32 bits per heavy atom. The number of para-hydroxylation sites is 1. The molecule has 1 aromatic heterocycles. The molecule has 0 saturated heterocycles. The second kappa shape index (κ2) is 7.72. The first-order chi connectivity index (χ1) is 13.3. The largest absolute Gasteiger partial charge is 0.416 e. The number of rotatable bonds is 4. The quantitative estimate of drug-likeness (QED) is 0.719. The van der Waals surface area contributed by atoms with Crippen LogP contribution >= 0.6 is 0 Å². The molecule has 0 bridgehead atoms. The number of hydrogen-bond donors (Lipinski definition) is 1. The third-order valence-electron chi connectivity index (χ3n) is 4.29. The third-order valence-corrected chi connectivity index (χ3v) is 4.29. The maximum absolute atomic E-state index is 12.7. The van der Waals surface area contributed by atoms with Crippen molar-refractivity contribution in [2.24, 2.45) is 0 Å². The molecule has 7 heteroatoms. The number of nitrogens with one attached hydrogen (secondary N) is 1. The highest BCUT2D eigenvalue weighted by Gasteiger charge is 2.29. The Morgan fingerprint density at radius 1 is 1.00 bits per heavy atom. The van der Waals surface area contributed by atoms with Gasteiger partial charge in [0.1, 0.15) is 5.56 Å². The predicted molar refractivity (Wildman–Crippen MR) is 100 cm³/mol. The van der Waals surface area contributed by atoms with Crippen LogP contribution in [0.15, 0.2) is 71.7 Å². The number of pyridine rings is 1. The van der Waals surface area contributed by atoms with Crippen molar-refractivity contribution in [2.75, 3.05) is 5.32 Å². The zero-order chi connectivity index (χ0) is 20.3. The molecule has 4 nitrogen and oxygen atoms in total. The first-order valence-corrected chi connectivity index (χ1v) is 8.48. The van der Waals surface area contributed by atoms with Crippen LogP contribution in [0, 0.1) is 6.92 Å². The van der Waals surface area contributed by atoms with Gasteiger partial charge in [0, 0.05) is 11.9 Å². The highest BCUT2D eigenvalue weighted by molar-refractivity contribution is 6.04. The molecule has 0 atom stereocenters. The lowest BCUT2D eigenvalue weighted by Crippen LogP contribution is -2.29. The minimum absolute atomic E-state index is 0.0438. The fourth-order valence-electron chi connectivity index (χ4n) is 2.73. The Morgan fingerprint density at radius 2 is 1.68 bits per heavy atom. The number of aryl methyl sites for hydroxylation is 1. The maximum Gasteiger partial charge on any atom is 0.416 e. The van der Waals surface area contributed by atoms with Gasteiger partial charge in [-0.2, -0.15) is 13.2 Å². The maximum atomic E-state index is 12.7. The van der Waals surface area contributed by atoms with Crippen LogP contribution in [0.4, 0.5) is 18.9 Å². The van der Waals surface area contributed by atoms with E-state index in [1.54, 1.807) is 18.2 Å². The number of carbonyl (C=O) groups excluding carboxylic acids is 1. The van der Waals surface area contributed by atoms with Crippen molar-refractivity contribution in [3.63, 3.8) is 0 Å². The first kappa shape index (κ1) is 19.4. The van der Waals surface area contributed by atoms with Gasteiger partial charge in [0.15, 0.2) is 0 Å². The monoisotopic (exact) mass is 386 g/mol. The van der Waals surface area contributed by atoms with E-state index < -0.39 is 23.2 Å². The second-order valence-electron chi connectivity index (χ2n) is 6.32. The summed E-state index contributed by atoms with van der Waals surface area (Å²) in [5.74, 6) is -0.541. The highest BCUT2D eigenvalue weighted by Crippen LogP contribution is 2.29.